The lowest BCUT2D eigenvalue weighted by Gasteiger charge is -2.02. The first-order chi connectivity index (χ1) is 11.8. The average molecular weight is 330 g/mol. The van der Waals surface area contributed by atoms with Crippen LogP contribution in [0, 0.1) is 0 Å². The maximum absolute atomic E-state index is 9.82. The molecule has 0 saturated heterocycles. The Morgan fingerprint density at radius 2 is 1.33 bits per heavy atom. The van der Waals surface area contributed by atoms with Crippen molar-refractivity contribution in [2.75, 3.05) is 0 Å². The van der Waals surface area contributed by atoms with Crippen molar-refractivity contribution < 1.29 is 5.11 Å². The topological polar surface area (TPSA) is 45.0 Å². The third-order valence-corrected chi connectivity index (χ3v) is 4.95. The van der Waals surface area contributed by atoms with Crippen LogP contribution in [0.3, 0.4) is 0 Å². The molecule has 0 bridgehead atoms. The highest BCUT2D eigenvalue weighted by Crippen LogP contribution is 2.24. The standard InChI is InChI=1S/C20H14N2OS/c23-17-10-4-1-7-14(17)13-21-22-20-15-8-2-5-11-18(15)24-19-12-6-3-9-16(19)20/h1-13,23H/b21-13+. The maximum Gasteiger partial charge on any atom is 0.124 e. The predicted molar refractivity (Wildman–Crippen MR) is 101 cm³/mol. The summed E-state index contributed by atoms with van der Waals surface area (Å²) in [5.41, 5.74) is 0.647. The summed E-state index contributed by atoms with van der Waals surface area (Å²) in [5, 5.41) is 21.5. The molecule has 1 N–H and O–H groups in total. The molecule has 0 unspecified atom stereocenters. The van der Waals surface area contributed by atoms with Crippen LogP contribution in [0.15, 0.2) is 83.0 Å². The van der Waals surface area contributed by atoms with Crippen molar-refractivity contribution in [3.05, 3.63) is 83.7 Å². The number of phenols is 1. The summed E-state index contributed by atoms with van der Waals surface area (Å²) >= 11 is 1.75. The van der Waals surface area contributed by atoms with E-state index >= 15 is 0 Å². The molecule has 0 amide bonds. The van der Waals surface area contributed by atoms with Gasteiger partial charge in [-0.3, -0.25) is 0 Å². The van der Waals surface area contributed by atoms with Crippen LogP contribution in [0.5, 0.6) is 5.75 Å². The number of nitrogens with zero attached hydrogens (tertiary/aromatic N) is 2. The molecule has 3 nitrogen and oxygen atoms in total. The fourth-order valence-electron chi connectivity index (χ4n) is 2.62. The van der Waals surface area contributed by atoms with E-state index in [2.05, 4.69) is 34.5 Å². The summed E-state index contributed by atoms with van der Waals surface area (Å²) in [5.74, 6) is 0.196. The van der Waals surface area contributed by atoms with Gasteiger partial charge >= 0.3 is 0 Å². The zero-order valence-corrected chi connectivity index (χ0v) is 13.6. The number of phenolic OH excluding ortho intramolecular Hbond substituents is 1. The Kier molecular flexibility index (Phi) is 3.81. The molecule has 0 aliphatic heterocycles. The van der Waals surface area contributed by atoms with E-state index in [9.17, 15) is 5.11 Å². The molecule has 4 heteroatoms. The van der Waals surface area contributed by atoms with Gasteiger partial charge < -0.3 is 5.11 Å². The van der Waals surface area contributed by atoms with Crippen LogP contribution in [-0.2, 0) is 0 Å². The summed E-state index contributed by atoms with van der Waals surface area (Å²) in [6, 6.07) is 23.5. The van der Waals surface area contributed by atoms with Gasteiger partial charge in [0.25, 0.3) is 0 Å². The van der Waals surface area contributed by atoms with Crippen LogP contribution in [0.2, 0.25) is 0 Å². The summed E-state index contributed by atoms with van der Waals surface area (Å²) < 4.78 is 2.35. The van der Waals surface area contributed by atoms with E-state index in [1.54, 1.807) is 35.8 Å². The van der Waals surface area contributed by atoms with E-state index in [1.807, 2.05) is 30.3 Å². The maximum atomic E-state index is 9.82. The summed E-state index contributed by atoms with van der Waals surface area (Å²) in [6.45, 7) is 0. The molecule has 0 saturated carbocycles. The quantitative estimate of drug-likeness (QED) is 0.323. The highest BCUT2D eigenvalue weighted by atomic mass is 32.1. The van der Waals surface area contributed by atoms with Gasteiger partial charge in [-0.15, -0.1) is 16.4 Å². The Morgan fingerprint density at radius 3 is 2.00 bits per heavy atom. The van der Waals surface area contributed by atoms with Crippen molar-refractivity contribution in [3.8, 4) is 5.75 Å². The van der Waals surface area contributed by atoms with Gasteiger partial charge in [-0.2, -0.15) is 5.10 Å². The number of para-hydroxylation sites is 1. The van der Waals surface area contributed by atoms with E-state index < -0.39 is 0 Å². The number of benzene rings is 3. The molecule has 1 aromatic heterocycles. The van der Waals surface area contributed by atoms with Gasteiger partial charge in [0.2, 0.25) is 0 Å². The molecule has 116 valence electrons. The fraction of sp³-hybridized carbons (Fsp3) is 0. The zero-order valence-electron chi connectivity index (χ0n) is 12.8. The number of fused-ring (bicyclic) bond motifs is 2. The number of hydrogen-bond donors (Lipinski definition) is 1. The molecule has 0 spiro atoms. The van der Waals surface area contributed by atoms with Gasteiger partial charge in [-0.25, -0.2) is 0 Å². The van der Waals surface area contributed by atoms with Crippen molar-refractivity contribution >= 4 is 37.7 Å². The molecule has 24 heavy (non-hydrogen) atoms. The Balaban J connectivity index is 1.95. The lowest BCUT2D eigenvalue weighted by Crippen LogP contribution is -2.03. The fourth-order valence-corrected chi connectivity index (χ4v) is 3.70. The Labute approximate surface area is 142 Å². The first-order valence-corrected chi connectivity index (χ1v) is 8.40. The molecule has 0 atom stereocenters. The molecule has 1 heterocycles. The van der Waals surface area contributed by atoms with E-state index in [1.165, 1.54) is 9.40 Å². The van der Waals surface area contributed by atoms with E-state index in [4.69, 9.17) is 0 Å². The van der Waals surface area contributed by atoms with Gasteiger partial charge in [0.1, 0.15) is 11.1 Å². The van der Waals surface area contributed by atoms with Crippen molar-refractivity contribution in [2.24, 2.45) is 10.2 Å². The minimum atomic E-state index is 0.196. The molecule has 0 aliphatic carbocycles. The molecule has 0 radical (unpaired) electrons. The molecule has 0 aliphatic rings. The van der Waals surface area contributed by atoms with Crippen LogP contribution in [0.25, 0.3) is 20.2 Å². The first kappa shape index (κ1) is 14.6. The van der Waals surface area contributed by atoms with E-state index in [0.717, 1.165) is 16.1 Å². The van der Waals surface area contributed by atoms with Crippen molar-refractivity contribution in [1.29, 1.82) is 0 Å². The normalized spacial score (nSPS) is 11.3. The van der Waals surface area contributed by atoms with E-state index in [0.29, 0.717) is 5.56 Å². The highest BCUT2D eigenvalue weighted by molar-refractivity contribution is 7.24. The molecule has 4 aromatic rings. The van der Waals surface area contributed by atoms with Crippen LogP contribution in [-0.4, -0.2) is 11.3 Å². The van der Waals surface area contributed by atoms with Gasteiger partial charge in [-0.05, 0) is 24.3 Å². The van der Waals surface area contributed by atoms with Crippen LogP contribution in [0.4, 0.5) is 0 Å². The summed E-state index contributed by atoms with van der Waals surface area (Å²) in [6.07, 6.45) is 1.58. The van der Waals surface area contributed by atoms with Crippen molar-refractivity contribution in [3.63, 3.8) is 0 Å². The number of hydrogen-bond acceptors (Lipinski definition) is 4. The molecular weight excluding hydrogens is 316 g/mol. The smallest absolute Gasteiger partial charge is 0.124 e. The van der Waals surface area contributed by atoms with E-state index in [-0.39, 0.29) is 5.75 Å². The highest BCUT2D eigenvalue weighted by Gasteiger charge is 2.03. The SMILES string of the molecule is Oc1ccccc1/C=N/N=c1c2ccccc2sc2ccccc12. The lowest BCUT2D eigenvalue weighted by atomic mass is 10.2. The average Bonchev–Trinajstić information content (AvgIpc) is 2.62. The van der Waals surface area contributed by atoms with Crippen molar-refractivity contribution in [1.82, 2.24) is 0 Å². The minimum Gasteiger partial charge on any atom is -0.507 e. The molecule has 0 fully saturated rings. The molecule has 4 rings (SSSR count). The number of rotatable bonds is 2. The lowest BCUT2D eigenvalue weighted by molar-refractivity contribution is 0.474. The molecular formula is C20H14N2OS. The van der Waals surface area contributed by atoms with Crippen LogP contribution >= 0.6 is 11.3 Å². The van der Waals surface area contributed by atoms with Crippen LogP contribution < -0.4 is 5.36 Å². The van der Waals surface area contributed by atoms with Crippen LogP contribution in [0.1, 0.15) is 5.56 Å². The van der Waals surface area contributed by atoms with Crippen molar-refractivity contribution in [2.45, 2.75) is 0 Å². The zero-order chi connectivity index (χ0) is 16.4. The predicted octanol–water partition coefficient (Wildman–Crippen LogP) is 4.69. The second-order valence-electron chi connectivity index (χ2n) is 5.35. The molecule has 3 aromatic carbocycles. The summed E-state index contributed by atoms with van der Waals surface area (Å²) in [4.78, 5) is 0. The van der Waals surface area contributed by atoms with Gasteiger partial charge in [-0.1, -0.05) is 48.5 Å². The first-order valence-electron chi connectivity index (χ1n) is 7.58. The largest absolute Gasteiger partial charge is 0.507 e. The van der Waals surface area contributed by atoms with Gasteiger partial charge in [0.05, 0.1) is 6.21 Å². The third-order valence-electron chi connectivity index (χ3n) is 3.80. The van der Waals surface area contributed by atoms with Gasteiger partial charge in [0.15, 0.2) is 0 Å². The number of aromatic hydroxyl groups is 1. The Morgan fingerprint density at radius 1 is 0.750 bits per heavy atom. The second-order valence-corrected chi connectivity index (χ2v) is 6.43. The third kappa shape index (κ3) is 2.68. The van der Waals surface area contributed by atoms with Gasteiger partial charge in [0, 0.05) is 25.7 Å². The monoisotopic (exact) mass is 330 g/mol. The second kappa shape index (κ2) is 6.26. The minimum absolute atomic E-state index is 0.196. The summed E-state index contributed by atoms with van der Waals surface area (Å²) in [7, 11) is 0. The Bertz CT molecular complexity index is 1070. The Hall–Kier alpha value is -2.98.